The van der Waals surface area contributed by atoms with E-state index in [1.807, 2.05) is 24.3 Å². The van der Waals surface area contributed by atoms with Gasteiger partial charge in [-0.3, -0.25) is 14.2 Å². The lowest BCUT2D eigenvalue weighted by Crippen LogP contribution is -2.37. The maximum absolute atomic E-state index is 13.7. The van der Waals surface area contributed by atoms with E-state index in [9.17, 15) is 23.9 Å². The summed E-state index contributed by atoms with van der Waals surface area (Å²) in [6.45, 7) is 5.18. The van der Waals surface area contributed by atoms with Gasteiger partial charge in [0.25, 0.3) is 5.56 Å². The SMILES string of the molecule is Cc1c(C2=C(Cl)CC(C(N)=O)c3[nH]c4cc(C(C)(C)O)ccc4c32)cccc1-n1c(=O)ccn(-c2ccc(F)cc2)c1=O. The molecule has 0 aliphatic heterocycles. The molecule has 0 spiro atoms. The predicted octanol–water partition coefficient (Wildman–Crippen LogP) is 5.12. The second-order valence-corrected chi connectivity index (χ2v) is 11.7. The standard InChI is InChI=1S/C33H28ClFN4O4/c1-17-21(5-4-6-26(17)39-27(40)13-14-38(32(39)42)20-10-8-19(35)9-11-20)28-24(34)16-23(31(36)41)30-29(28)22-12-7-18(33(2,3)43)15-25(22)37-30/h4-15,23,37,43H,16H2,1-3H3,(H2,36,41). The summed E-state index contributed by atoms with van der Waals surface area (Å²) < 4.78 is 15.9. The topological polar surface area (TPSA) is 123 Å². The number of nitrogens with one attached hydrogen (secondary N) is 1. The molecule has 3 aromatic carbocycles. The number of hydrogen-bond acceptors (Lipinski definition) is 4. The summed E-state index contributed by atoms with van der Waals surface area (Å²) in [6, 6.07) is 17.4. The van der Waals surface area contributed by atoms with Crippen LogP contribution in [0, 0.1) is 12.7 Å². The molecule has 0 saturated carbocycles. The van der Waals surface area contributed by atoms with Gasteiger partial charge < -0.3 is 15.8 Å². The van der Waals surface area contributed by atoms with Crippen LogP contribution >= 0.6 is 11.6 Å². The van der Waals surface area contributed by atoms with Crippen molar-refractivity contribution in [3.8, 4) is 11.4 Å². The van der Waals surface area contributed by atoms with Crippen molar-refractivity contribution >= 4 is 34.0 Å². The Morgan fingerprint density at radius 2 is 1.81 bits per heavy atom. The van der Waals surface area contributed by atoms with Crippen LogP contribution in [0.25, 0.3) is 27.9 Å². The zero-order chi connectivity index (χ0) is 30.8. The van der Waals surface area contributed by atoms with Crippen molar-refractivity contribution in [2.45, 2.75) is 38.7 Å². The van der Waals surface area contributed by atoms with E-state index in [0.717, 1.165) is 9.95 Å². The second kappa shape index (κ2) is 10.2. The van der Waals surface area contributed by atoms with Crippen molar-refractivity contribution in [3.05, 3.63) is 133 Å². The third-order valence-corrected chi connectivity index (χ3v) is 8.38. The number of amides is 1. The summed E-state index contributed by atoms with van der Waals surface area (Å²) in [5.41, 5.74) is 8.93. The van der Waals surface area contributed by atoms with Crippen LogP contribution in [0.15, 0.2) is 87.5 Å². The maximum atomic E-state index is 13.7. The number of aromatic amines is 1. The Balaban J connectivity index is 1.58. The molecule has 1 amide bonds. The van der Waals surface area contributed by atoms with Gasteiger partial charge >= 0.3 is 5.69 Å². The van der Waals surface area contributed by atoms with Crippen molar-refractivity contribution in [2.75, 3.05) is 0 Å². The molecule has 1 aliphatic carbocycles. The van der Waals surface area contributed by atoms with Crippen LogP contribution < -0.4 is 17.0 Å². The quantitative estimate of drug-likeness (QED) is 0.260. The highest BCUT2D eigenvalue weighted by Crippen LogP contribution is 2.47. The molecule has 218 valence electrons. The van der Waals surface area contributed by atoms with Crippen LogP contribution in [0.4, 0.5) is 4.39 Å². The summed E-state index contributed by atoms with van der Waals surface area (Å²) in [5.74, 6) is -1.68. The fourth-order valence-electron chi connectivity index (χ4n) is 5.81. The summed E-state index contributed by atoms with van der Waals surface area (Å²) in [6.07, 6.45) is 1.52. The van der Waals surface area contributed by atoms with E-state index in [-0.39, 0.29) is 6.42 Å². The fraction of sp³-hybridized carbons (Fsp3) is 0.182. The number of carbonyl (C=O) groups is 1. The monoisotopic (exact) mass is 598 g/mol. The second-order valence-electron chi connectivity index (χ2n) is 11.2. The number of aromatic nitrogens is 3. The predicted molar refractivity (Wildman–Crippen MR) is 164 cm³/mol. The summed E-state index contributed by atoms with van der Waals surface area (Å²) in [4.78, 5) is 42.7. The Hall–Kier alpha value is -4.73. The number of aliphatic hydroxyl groups is 1. The molecule has 6 rings (SSSR count). The van der Waals surface area contributed by atoms with Crippen LogP contribution in [-0.4, -0.2) is 25.1 Å². The van der Waals surface area contributed by atoms with Gasteiger partial charge in [0.05, 0.1) is 22.9 Å². The summed E-state index contributed by atoms with van der Waals surface area (Å²) in [7, 11) is 0. The maximum Gasteiger partial charge on any atom is 0.340 e. The Kier molecular flexibility index (Phi) is 6.75. The van der Waals surface area contributed by atoms with Crippen LogP contribution in [0.2, 0.25) is 0 Å². The molecule has 4 N–H and O–H groups in total. The first kappa shape index (κ1) is 28.4. The first-order chi connectivity index (χ1) is 20.4. The number of rotatable bonds is 5. The van der Waals surface area contributed by atoms with Crippen molar-refractivity contribution in [2.24, 2.45) is 5.73 Å². The zero-order valence-corrected chi connectivity index (χ0v) is 24.4. The largest absolute Gasteiger partial charge is 0.386 e. The molecule has 0 fully saturated rings. The summed E-state index contributed by atoms with van der Waals surface area (Å²) in [5, 5.41) is 11.8. The van der Waals surface area contributed by atoms with Crippen LogP contribution in [0.5, 0.6) is 0 Å². The number of fused-ring (bicyclic) bond motifs is 3. The number of nitrogens with two attached hydrogens (primary N) is 1. The average molecular weight is 599 g/mol. The average Bonchev–Trinajstić information content (AvgIpc) is 3.33. The Bertz CT molecular complexity index is 2100. The molecule has 1 aliphatic rings. The van der Waals surface area contributed by atoms with E-state index in [2.05, 4.69) is 4.98 Å². The van der Waals surface area contributed by atoms with E-state index in [1.165, 1.54) is 41.1 Å². The lowest BCUT2D eigenvalue weighted by Gasteiger charge is -2.25. The van der Waals surface area contributed by atoms with Crippen LogP contribution in [0.1, 0.15) is 54.1 Å². The first-order valence-corrected chi connectivity index (χ1v) is 14.0. The van der Waals surface area contributed by atoms with E-state index in [4.69, 9.17) is 17.3 Å². The van der Waals surface area contributed by atoms with E-state index < -0.39 is 34.5 Å². The van der Waals surface area contributed by atoms with Crippen molar-refractivity contribution in [1.29, 1.82) is 0 Å². The summed E-state index contributed by atoms with van der Waals surface area (Å²) >= 11 is 6.95. The molecular weight excluding hydrogens is 571 g/mol. The third-order valence-electron chi connectivity index (χ3n) is 8.03. The van der Waals surface area contributed by atoms with E-state index in [0.29, 0.717) is 55.4 Å². The van der Waals surface area contributed by atoms with Crippen molar-refractivity contribution in [1.82, 2.24) is 14.1 Å². The Morgan fingerprint density at radius 3 is 2.49 bits per heavy atom. The van der Waals surface area contributed by atoms with Gasteiger partial charge in [-0.25, -0.2) is 13.8 Å². The van der Waals surface area contributed by atoms with Gasteiger partial charge in [-0.05, 0) is 73.9 Å². The third kappa shape index (κ3) is 4.70. The highest BCUT2D eigenvalue weighted by molar-refractivity contribution is 6.34. The Morgan fingerprint density at radius 1 is 1.09 bits per heavy atom. The van der Waals surface area contributed by atoms with Gasteiger partial charge in [0.15, 0.2) is 0 Å². The van der Waals surface area contributed by atoms with Crippen LogP contribution in [0.3, 0.4) is 0 Å². The number of nitrogens with zero attached hydrogens (tertiary/aromatic N) is 2. The highest BCUT2D eigenvalue weighted by Gasteiger charge is 2.34. The van der Waals surface area contributed by atoms with Gasteiger partial charge in [0.2, 0.25) is 5.91 Å². The normalized spacial score (nSPS) is 15.2. The smallest absolute Gasteiger partial charge is 0.340 e. The number of halogens is 2. The molecule has 0 saturated heterocycles. The van der Waals surface area contributed by atoms with Crippen molar-refractivity contribution < 1.29 is 14.3 Å². The minimum Gasteiger partial charge on any atom is -0.386 e. The number of carbonyl (C=O) groups excluding carboxylic acids is 1. The van der Waals surface area contributed by atoms with Gasteiger partial charge in [0.1, 0.15) is 5.82 Å². The number of allylic oxidation sites excluding steroid dienone is 1. The van der Waals surface area contributed by atoms with Gasteiger partial charge in [-0.1, -0.05) is 35.9 Å². The number of primary amides is 1. The molecule has 10 heteroatoms. The van der Waals surface area contributed by atoms with Crippen LogP contribution in [-0.2, 0) is 10.4 Å². The molecule has 43 heavy (non-hydrogen) atoms. The lowest BCUT2D eigenvalue weighted by molar-refractivity contribution is -0.119. The molecule has 0 radical (unpaired) electrons. The molecule has 2 aromatic heterocycles. The lowest BCUT2D eigenvalue weighted by atomic mass is 9.81. The minimum atomic E-state index is -1.09. The van der Waals surface area contributed by atoms with Gasteiger partial charge in [-0.2, -0.15) is 0 Å². The fourth-order valence-corrected chi connectivity index (χ4v) is 6.16. The zero-order valence-electron chi connectivity index (χ0n) is 23.6. The molecular formula is C33H28ClFN4O4. The Labute approximate surface area is 250 Å². The molecule has 1 unspecified atom stereocenters. The molecule has 8 nitrogen and oxygen atoms in total. The molecule has 5 aromatic rings. The minimum absolute atomic E-state index is 0.163. The molecule has 2 heterocycles. The highest BCUT2D eigenvalue weighted by atomic mass is 35.5. The van der Waals surface area contributed by atoms with Gasteiger partial charge in [-0.15, -0.1) is 0 Å². The number of H-pyrrole nitrogens is 1. The van der Waals surface area contributed by atoms with Gasteiger partial charge in [0, 0.05) is 51.4 Å². The number of hydrogen-bond donors (Lipinski definition) is 3. The molecule has 1 atom stereocenters. The first-order valence-electron chi connectivity index (χ1n) is 13.6. The van der Waals surface area contributed by atoms with Crippen molar-refractivity contribution in [3.63, 3.8) is 0 Å². The van der Waals surface area contributed by atoms with E-state index >= 15 is 0 Å². The van der Waals surface area contributed by atoms with E-state index in [1.54, 1.807) is 32.9 Å². The number of benzene rings is 3. The molecule has 0 bridgehead atoms.